The summed E-state index contributed by atoms with van der Waals surface area (Å²) in [4.78, 5) is 25.7. The predicted octanol–water partition coefficient (Wildman–Crippen LogP) is 0.503. The average Bonchev–Trinajstić information content (AvgIpc) is 2.38. The van der Waals surface area contributed by atoms with Gasteiger partial charge < -0.3 is 15.5 Å². The molecule has 2 rings (SSSR count). The molecule has 19 heavy (non-hydrogen) atoms. The van der Waals surface area contributed by atoms with Crippen molar-refractivity contribution in [2.75, 3.05) is 26.2 Å². The summed E-state index contributed by atoms with van der Waals surface area (Å²) in [5.41, 5.74) is -0.267. The van der Waals surface area contributed by atoms with Gasteiger partial charge in [-0.1, -0.05) is 0 Å². The van der Waals surface area contributed by atoms with Gasteiger partial charge in [0.15, 0.2) is 0 Å². The molecule has 2 fully saturated rings. The monoisotopic (exact) mass is 267 g/mol. The van der Waals surface area contributed by atoms with Crippen molar-refractivity contribution in [2.24, 2.45) is 5.41 Å². The van der Waals surface area contributed by atoms with E-state index in [-0.39, 0.29) is 23.3 Å². The molecule has 0 aliphatic carbocycles. The van der Waals surface area contributed by atoms with Crippen LogP contribution in [0.1, 0.15) is 39.5 Å². The number of carbonyl (C=O) groups is 2. The molecule has 0 saturated carbocycles. The Morgan fingerprint density at radius 3 is 2.79 bits per heavy atom. The Bertz CT molecular complexity index is 351. The standard InChI is InChI=1S/C14H25N3O2/c1-11(18)16-12-5-3-8-17(9-12)13(19)14(2)6-4-7-15-10-14/h12,15H,3-10H2,1-2H3,(H,16,18)/t12-,14-/m1/s1. The van der Waals surface area contributed by atoms with Gasteiger partial charge in [0, 0.05) is 32.6 Å². The van der Waals surface area contributed by atoms with Crippen LogP contribution in [0.2, 0.25) is 0 Å². The van der Waals surface area contributed by atoms with E-state index in [9.17, 15) is 9.59 Å². The smallest absolute Gasteiger partial charge is 0.229 e. The van der Waals surface area contributed by atoms with Crippen LogP contribution in [0, 0.1) is 5.41 Å². The molecule has 2 N–H and O–H groups in total. The summed E-state index contributed by atoms with van der Waals surface area (Å²) >= 11 is 0. The van der Waals surface area contributed by atoms with Gasteiger partial charge in [-0.2, -0.15) is 0 Å². The van der Waals surface area contributed by atoms with Crippen molar-refractivity contribution in [2.45, 2.75) is 45.6 Å². The molecule has 0 spiro atoms. The highest BCUT2D eigenvalue weighted by atomic mass is 16.2. The lowest BCUT2D eigenvalue weighted by Gasteiger charge is -2.41. The summed E-state index contributed by atoms with van der Waals surface area (Å²) < 4.78 is 0. The molecule has 2 atom stereocenters. The third kappa shape index (κ3) is 3.47. The van der Waals surface area contributed by atoms with E-state index in [1.165, 1.54) is 6.92 Å². The largest absolute Gasteiger partial charge is 0.352 e. The van der Waals surface area contributed by atoms with Crippen LogP contribution in [-0.2, 0) is 9.59 Å². The number of carbonyl (C=O) groups excluding carboxylic acids is 2. The van der Waals surface area contributed by atoms with E-state index in [2.05, 4.69) is 17.6 Å². The van der Waals surface area contributed by atoms with Crippen molar-refractivity contribution >= 4 is 11.8 Å². The van der Waals surface area contributed by atoms with E-state index in [0.29, 0.717) is 6.54 Å². The number of hydrogen-bond acceptors (Lipinski definition) is 3. The van der Waals surface area contributed by atoms with E-state index in [4.69, 9.17) is 0 Å². The second-order valence-corrected chi connectivity index (χ2v) is 6.13. The van der Waals surface area contributed by atoms with Gasteiger partial charge in [-0.3, -0.25) is 9.59 Å². The highest BCUT2D eigenvalue weighted by molar-refractivity contribution is 5.83. The van der Waals surface area contributed by atoms with Crippen LogP contribution in [0.3, 0.4) is 0 Å². The number of nitrogens with zero attached hydrogens (tertiary/aromatic N) is 1. The molecule has 2 saturated heterocycles. The van der Waals surface area contributed by atoms with Crippen LogP contribution < -0.4 is 10.6 Å². The summed E-state index contributed by atoms with van der Waals surface area (Å²) in [6.45, 7) is 6.86. The van der Waals surface area contributed by atoms with Crippen LogP contribution in [0.25, 0.3) is 0 Å². The van der Waals surface area contributed by atoms with Gasteiger partial charge in [0.05, 0.1) is 5.41 Å². The summed E-state index contributed by atoms with van der Waals surface area (Å²) in [6, 6.07) is 0.121. The Balaban J connectivity index is 1.96. The molecule has 0 aromatic heterocycles. The molecular formula is C14H25N3O2. The minimum atomic E-state index is -0.267. The maximum atomic E-state index is 12.7. The van der Waals surface area contributed by atoms with E-state index >= 15 is 0 Å². The minimum absolute atomic E-state index is 0.00940. The molecule has 5 nitrogen and oxygen atoms in total. The number of piperidine rings is 2. The lowest BCUT2D eigenvalue weighted by molar-refractivity contribution is -0.144. The van der Waals surface area contributed by atoms with Crippen molar-refractivity contribution in [3.63, 3.8) is 0 Å². The topological polar surface area (TPSA) is 61.4 Å². The molecule has 2 aliphatic rings. The molecular weight excluding hydrogens is 242 g/mol. The third-order valence-corrected chi connectivity index (χ3v) is 4.23. The Morgan fingerprint density at radius 2 is 2.16 bits per heavy atom. The molecule has 0 aromatic rings. The highest BCUT2D eigenvalue weighted by Crippen LogP contribution is 2.29. The second-order valence-electron chi connectivity index (χ2n) is 6.13. The lowest BCUT2D eigenvalue weighted by atomic mass is 9.81. The maximum absolute atomic E-state index is 12.7. The zero-order valence-electron chi connectivity index (χ0n) is 12.0. The molecule has 2 aliphatic heterocycles. The number of hydrogen-bond donors (Lipinski definition) is 2. The quantitative estimate of drug-likeness (QED) is 0.766. The molecule has 0 bridgehead atoms. The molecule has 2 heterocycles. The number of amides is 2. The Hall–Kier alpha value is -1.10. The average molecular weight is 267 g/mol. The second kappa shape index (κ2) is 5.90. The summed E-state index contributed by atoms with van der Waals surface area (Å²) in [6.07, 6.45) is 3.96. The SMILES string of the molecule is CC(=O)N[C@@H]1CCCN(C(=O)[C@]2(C)CCCNC2)C1. The number of rotatable bonds is 2. The first kappa shape index (κ1) is 14.3. The van der Waals surface area contributed by atoms with Crippen LogP contribution in [0.4, 0.5) is 0 Å². The van der Waals surface area contributed by atoms with Crippen molar-refractivity contribution < 1.29 is 9.59 Å². The lowest BCUT2D eigenvalue weighted by Crippen LogP contribution is -2.55. The number of likely N-dealkylation sites (tertiary alicyclic amines) is 1. The molecule has 0 unspecified atom stereocenters. The van der Waals surface area contributed by atoms with Crippen molar-refractivity contribution in [1.29, 1.82) is 0 Å². The Labute approximate surface area is 115 Å². The van der Waals surface area contributed by atoms with Crippen molar-refractivity contribution in [3.05, 3.63) is 0 Å². The fourth-order valence-corrected chi connectivity index (χ4v) is 3.19. The van der Waals surface area contributed by atoms with E-state index in [0.717, 1.165) is 45.3 Å². The first-order valence-electron chi connectivity index (χ1n) is 7.28. The summed E-state index contributed by atoms with van der Waals surface area (Å²) in [7, 11) is 0. The minimum Gasteiger partial charge on any atom is -0.352 e. The van der Waals surface area contributed by atoms with Gasteiger partial charge in [0.2, 0.25) is 11.8 Å². The van der Waals surface area contributed by atoms with Crippen LogP contribution >= 0.6 is 0 Å². The fraction of sp³-hybridized carbons (Fsp3) is 0.857. The first-order valence-corrected chi connectivity index (χ1v) is 7.28. The van der Waals surface area contributed by atoms with Gasteiger partial charge in [0.25, 0.3) is 0 Å². The van der Waals surface area contributed by atoms with Gasteiger partial charge in [-0.25, -0.2) is 0 Å². The van der Waals surface area contributed by atoms with Crippen LogP contribution in [-0.4, -0.2) is 48.9 Å². The molecule has 5 heteroatoms. The van der Waals surface area contributed by atoms with Gasteiger partial charge in [0.1, 0.15) is 0 Å². The summed E-state index contributed by atoms with van der Waals surface area (Å²) in [5.74, 6) is 0.236. The third-order valence-electron chi connectivity index (χ3n) is 4.23. The van der Waals surface area contributed by atoms with Gasteiger partial charge >= 0.3 is 0 Å². The molecule has 108 valence electrons. The van der Waals surface area contributed by atoms with Crippen LogP contribution in [0.5, 0.6) is 0 Å². The highest BCUT2D eigenvalue weighted by Gasteiger charge is 2.39. The van der Waals surface area contributed by atoms with E-state index < -0.39 is 0 Å². The van der Waals surface area contributed by atoms with Gasteiger partial charge in [-0.05, 0) is 39.2 Å². The maximum Gasteiger partial charge on any atom is 0.229 e. The van der Waals surface area contributed by atoms with E-state index in [1.807, 2.05) is 4.90 Å². The Kier molecular flexibility index (Phi) is 4.45. The molecule has 2 amide bonds. The zero-order chi connectivity index (χ0) is 13.9. The zero-order valence-corrected chi connectivity index (χ0v) is 12.0. The van der Waals surface area contributed by atoms with E-state index in [1.54, 1.807) is 0 Å². The van der Waals surface area contributed by atoms with Crippen LogP contribution in [0.15, 0.2) is 0 Å². The van der Waals surface area contributed by atoms with Crippen molar-refractivity contribution in [3.8, 4) is 0 Å². The summed E-state index contributed by atoms with van der Waals surface area (Å²) in [5, 5.41) is 6.26. The van der Waals surface area contributed by atoms with Gasteiger partial charge in [-0.15, -0.1) is 0 Å². The Morgan fingerprint density at radius 1 is 1.37 bits per heavy atom. The first-order chi connectivity index (χ1) is 9.01. The molecule has 0 radical (unpaired) electrons. The fourth-order valence-electron chi connectivity index (χ4n) is 3.19. The van der Waals surface area contributed by atoms with Crippen molar-refractivity contribution in [1.82, 2.24) is 15.5 Å². The normalized spacial score (nSPS) is 31.9. The number of nitrogens with one attached hydrogen (secondary N) is 2. The predicted molar refractivity (Wildman–Crippen MR) is 73.6 cm³/mol. The molecule has 0 aromatic carbocycles.